The molecule has 1 saturated heterocycles. The molecule has 0 aliphatic carbocycles. The van der Waals surface area contributed by atoms with Gasteiger partial charge in [-0.25, -0.2) is 0 Å². The van der Waals surface area contributed by atoms with E-state index in [2.05, 4.69) is 41.6 Å². The molecule has 3 heteroatoms. The molecule has 0 aromatic carbocycles. The lowest BCUT2D eigenvalue weighted by Gasteiger charge is -2.30. The summed E-state index contributed by atoms with van der Waals surface area (Å²) < 4.78 is 2.27. The quantitative estimate of drug-likeness (QED) is 0.740. The number of likely N-dealkylation sites (tertiary alicyclic amines) is 1. The number of aromatic nitrogens is 2. The van der Waals surface area contributed by atoms with Crippen LogP contribution in [0.25, 0.3) is 0 Å². The van der Waals surface area contributed by atoms with Crippen LogP contribution in [0.5, 0.6) is 0 Å². The van der Waals surface area contributed by atoms with Gasteiger partial charge in [-0.2, -0.15) is 5.10 Å². The van der Waals surface area contributed by atoms with Crippen molar-refractivity contribution in [2.75, 3.05) is 20.1 Å². The van der Waals surface area contributed by atoms with E-state index in [0.717, 1.165) is 12.1 Å². The molecule has 0 spiro atoms. The molecule has 0 N–H and O–H groups in total. The summed E-state index contributed by atoms with van der Waals surface area (Å²) in [6.07, 6.45) is 3.57. The summed E-state index contributed by atoms with van der Waals surface area (Å²) in [6, 6.07) is 2.85. The Morgan fingerprint density at radius 3 is 2.67 bits per heavy atom. The fraction of sp³-hybridized carbons (Fsp3) is 0.750. The maximum Gasteiger partial charge on any atom is 0.0596 e. The highest BCUT2D eigenvalue weighted by atomic mass is 15.3. The molecule has 0 bridgehead atoms. The van der Waals surface area contributed by atoms with Crippen LogP contribution in [0.15, 0.2) is 6.07 Å². The summed E-state index contributed by atoms with van der Waals surface area (Å²) >= 11 is 0. The van der Waals surface area contributed by atoms with E-state index in [1.165, 1.54) is 31.6 Å². The molecule has 2 heterocycles. The zero-order valence-electron chi connectivity index (χ0n) is 10.0. The first kappa shape index (κ1) is 10.7. The minimum Gasteiger partial charge on any atom is -0.306 e. The minimum atomic E-state index is 0.629. The zero-order chi connectivity index (χ0) is 10.8. The van der Waals surface area contributed by atoms with Crippen LogP contribution in [-0.2, 0) is 6.42 Å². The van der Waals surface area contributed by atoms with Gasteiger partial charge in [0.15, 0.2) is 0 Å². The van der Waals surface area contributed by atoms with E-state index in [4.69, 9.17) is 0 Å². The summed E-state index contributed by atoms with van der Waals surface area (Å²) in [7, 11) is 2.20. The van der Waals surface area contributed by atoms with Gasteiger partial charge in [-0.05, 0) is 52.4 Å². The SMILES string of the molecule is CCc1cc(C)nn1C1CCN(C)CC1. The summed E-state index contributed by atoms with van der Waals surface area (Å²) in [4.78, 5) is 2.40. The molecule has 0 amide bonds. The van der Waals surface area contributed by atoms with Gasteiger partial charge < -0.3 is 4.90 Å². The Labute approximate surface area is 92.1 Å². The Bertz CT molecular complexity index is 322. The van der Waals surface area contributed by atoms with Gasteiger partial charge in [0, 0.05) is 5.69 Å². The van der Waals surface area contributed by atoms with Crippen molar-refractivity contribution in [3.63, 3.8) is 0 Å². The van der Waals surface area contributed by atoms with Crippen molar-refractivity contribution < 1.29 is 0 Å². The van der Waals surface area contributed by atoms with E-state index < -0.39 is 0 Å². The van der Waals surface area contributed by atoms with Gasteiger partial charge in [0.1, 0.15) is 0 Å². The second kappa shape index (κ2) is 4.35. The van der Waals surface area contributed by atoms with Crippen molar-refractivity contribution in [3.05, 3.63) is 17.5 Å². The van der Waals surface area contributed by atoms with Gasteiger partial charge in [0.2, 0.25) is 0 Å². The number of hydrogen-bond acceptors (Lipinski definition) is 2. The summed E-state index contributed by atoms with van der Waals surface area (Å²) in [5.41, 5.74) is 2.55. The molecule has 1 aliphatic rings. The molecule has 0 radical (unpaired) electrons. The van der Waals surface area contributed by atoms with Crippen LogP contribution < -0.4 is 0 Å². The molecule has 1 aliphatic heterocycles. The molecule has 0 unspecified atom stereocenters. The fourth-order valence-corrected chi connectivity index (χ4v) is 2.39. The van der Waals surface area contributed by atoms with Gasteiger partial charge in [0.05, 0.1) is 11.7 Å². The summed E-state index contributed by atoms with van der Waals surface area (Å²) in [5, 5.41) is 4.63. The number of hydrogen-bond donors (Lipinski definition) is 0. The molecule has 0 atom stereocenters. The predicted molar refractivity (Wildman–Crippen MR) is 62.1 cm³/mol. The lowest BCUT2D eigenvalue weighted by atomic mass is 10.1. The molecule has 0 saturated carbocycles. The highest BCUT2D eigenvalue weighted by Gasteiger charge is 2.20. The molecule has 3 nitrogen and oxygen atoms in total. The number of rotatable bonds is 2. The molecule has 1 aromatic rings. The van der Waals surface area contributed by atoms with Crippen molar-refractivity contribution in [1.29, 1.82) is 0 Å². The molecular formula is C12H21N3. The van der Waals surface area contributed by atoms with Crippen LogP contribution in [0.4, 0.5) is 0 Å². The third-order valence-corrected chi connectivity index (χ3v) is 3.33. The Balaban J connectivity index is 2.14. The Kier molecular flexibility index (Phi) is 3.10. The molecule has 1 aromatic heterocycles. The Morgan fingerprint density at radius 1 is 1.40 bits per heavy atom. The maximum absolute atomic E-state index is 4.63. The van der Waals surface area contributed by atoms with Gasteiger partial charge in [-0.1, -0.05) is 6.92 Å². The van der Waals surface area contributed by atoms with E-state index >= 15 is 0 Å². The van der Waals surface area contributed by atoms with Crippen LogP contribution in [0.1, 0.15) is 37.2 Å². The van der Waals surface area contributed by atoms with Gasteiger partial charge >= 0.3 is 0 Å². The number of piperidine rings is 1. The standard InChI is InChI=1S/C12H21N3/c1-4-11-9-10(2)13-15(11)12-5-7-14(3)8-6-12/h9,12H,4-8H2,1-3H3. The van der Waals surface area contributed by atoms with E-state index in [9.17, 15) is 0 Å². The van der Waals surface area contributed by atoms with Crippen LogP contribution in [-0.4, -0.2) is 34.8 Å². The first-order chi connectivity index (χ1) is 7.20. The van der Waals surface area contributed by atoms with E-state index in [1.54, 1.807) is 0 Å². The molecule has 2 rings (SSSR count). The van der Waals surface area contributed by atoms with Crippen LogP contribution in [0.2, 0.25) is 0 Å². The topological polar surface area (TPSA) is 21.1 Å². The summed E-state index contributed by atoms with van der Waals surface area (Å²) in [6.45, 7) is 6.70. The smallest absolute Gasteiger partial charge is 0.0596 e. The van der Waals surface area contributed by atoms with Crippen molar-refractivity contribution in [2.45, 2.75) is 39.2 Å². The van der Waals surface area contributed by atoms with Crippen LogP contribution >= 0.6 is 0 Å². The normalized spacial score (nSPS) is 19.7. The van der Waals surface area contributed by atoms with Crippen molar-refractivity contribution in [2.24, 2.45) is 0 Å². The van der Waals surface area contributed by atoms with Crippen molar-refractivity contribution in [1.82, 2.24) is 14.7 Å². The van der Waals surface area contributed by atoms with Crippen molar-refractivity contribution >= 4 is 0 Å². The first-order valence-electron chi connectivity index (χ1n) is 5.94. The lowest BCUT2D eigenvalue weighted by Crippen LogP contribution is -2.32. The fourth-order valence-electron chi connectivity index (χ4n) is 2.39. The zero-order valence-corrected chi connectivity index (χ0v) is 10.0. The van der Waals surface area contributed by atoms with Gasteiger partial charge in [-0.3, -0.25) is 4.68 Å². The number of nitrogens with zero attached hydrogens (tertiary/aromatic N) is 3. The van der Waals surface area contributed by atoms with Crippen molar-refractivity contribution in [3.8, 4) is 0 Å². The second-order valence-corrected chi connectivity index (χ2v) is 4.61. The highest BCUT2D eigenvalue weighted by Crippen LogP contribution is 2.23. The van der Waals surface area contributed by atoms with E-state index in [1.807, 2.05) is 0 Å². The van der Waals surface area contributed by atoms with E-state index in [-0.39, 0.29) is 0 Å². The Morgan fingerprint density at radius 2 is 2.07 bits per heavy atom. The highest BCUT2D eigenvalue weighted by molar-refractivity contribution is 5.10. The third-order valence-electron chi connectivity index (χ3n) is 3.33. The average Bonchev–Trinajstić information content (AvgIpc) is 2.61. The summed E-state index contributed by atoms with van der Waals surface area (Å²) in [5.74, 6) is 0. The first-order valence-corrected chi connectivity index (χ1v) is 5.94. The van der Waals surface area contributed by atoms with Gasteiger partial charge in [-0.15, -0.1) is 0 Å². The maximum atomic E-state index is 4.63. The lowest BCUT2D eigenvalue weighted by molar-refractivity contribution is 0.209. The molecule has 84 valence electrons. The third kappa shape index (κ3) is 2.23. The average molecular weight is 207 g/mol. The van der Waals surface area contributed by atoms with E-state index in [0.29, 0.717) is 6.04 Å². The number of aryl methyl sites for hydroxylation is 2. The minimum absolute atomic E-state index is 0.629. The molecule has 15 heavy (non-hydrogen) atoms. The second-order valence-electron chi connectivity index (χ2n) is 4.61. The molecule has 1 fully saturated rings. The largest absolute Gasteiger partial charge is 0.306 e. The monoisotopic (exact) mass is 207 g/mol. The Hall–Kier alpha value is -0.830. The van der Waals surface area contributed by atoms with Gasteiger partial charge in [0.25, 0.3) is 0 Å². The van der Waals surface area contributed by atoms with Crippen LogP contribution in [0, 0.1) is 6.92 Å². The predicted octanol–water partition coefficient (Wildman–Crippen LogP) is 2.02. The van der Waals surface area contributed by atoms with Crippen LogP contribution in [0.3, 0.4) is 0 Å². The molecular weight excluding hydrogens is 186 g/mol.